The average molecular weight is 283 g/mol. The van der Waals surface area contributed by atoms with Crippen molar-refractivity contribution in [1.82, 2.24) is 4.98 Å². The van der Waals surface area contributed by atoms with Gasteiger partial charge in [-0.3, -0.25) is 10.1 Å². The summed E-state index contributed by atoms with van der Waals surface area (Å²) in [5.41, 5.74) is 1.52. The summed E-state index contributed by atoms with van der Waals surface area (Å²) >= 11 is 0. The van der Waals surface area contributed by atoms with Crippen LogP contribution in [0.4, 0.5) is 11.4 Å². The zero-order chi connectivity index (χ0) is 14.4. The zero-order valence-corrected chi connectivity index (χ0v) is 11.7. The van der Waals surface area contributed by atoms with Crippen LogP contribution in [0, 0.1) is 22.0 Å². The van der Waals surface area contributed by atoms with Gasteiger partial charge in [0.15, 0.2) is 0 Å². The molecule has 2 aromatic rings. The lowest BCUT2D eigenvalue weighted by atomic mass is 10.1. The molecule has 2 aliphatic rings. The molecule has 4 rings (SSSR count). The largest absolute Gasteiger partial charge is 0.381 e. The summed E-state index contributed by atoms with van der Waals surface area (Å²) in [6.45, 7) is 0. The predicted octanol–water partition coefficient (Wildman–Crippen LogP) is 3.74. The number of nitro benzene ring substituents is 1. The minimum Gasteiger partial charge on any atom is -0.381 e. The molecule has 2 saturated carbocycles. The molecule has 5 nitrogen and oxygen atoms in total. The molecule has 1 N–H and O–H groups in total. The predicted molar refractivity (Wildman–Crippen MR) is 81.3 cm³/mol. The van der Waals surface area contributed by atoms with E-state index in [1.165, 1.54) is 31.7 Å². The number of para-hydroxylation sites is 1. The molecule has 0 saturated heterocycles. The molecule has 21 heavy (non-hydrogen) atoms. The quantitative estimate of drug-likeness (QED) is 0.670. The Bertz CT molecular complexity index is 696. The molecule has 0 unspecified atom stereocenters. The molecule has 1 aromatic carbocycles. The van der Waals surface area contributed by atoms with Crippen LogP contribution in [-0.2, 0) is 0 Å². The van der Waals surface area contributed by atoms with Gasteiger partial charge in [0.1, 0.15) is 5.52 Å². The Morgan fingerprint density at radius 2 is 1.90 bits per heavy atom. The fraction of sp³-hybridized carbons (Fsp3) is 0.438. The van der Waals surface area contributed by atoms with E-state index in [0.29, 0.717) is 11.6 Å². The molecule has 5 heteroatoms. The Balaban J connectivity index is 1.74. The van der Waals surface area contributed by atoms with Crippen molar-refractivity contribution in [1.29, 1.82) is 0 Å². The number of nitrogens with zero attached hydrogens (tertiary/aromatic N) is 2. The zero-order valence-electron chi connectivity index (χ0n) is 11.7. The summed E-state index contributed by atoms with van der Waals surface area (Å²) in [4.78, 5) is 15.0. The van der Waals surface area contributed by atoms with E-state index in [-0.39, 0.29) is 10.6 Å². The first-order chi connectivity index (χ1) is 10.2. The van der Waals surface area contributed by atoms with E-state index in [4.69, 9.17) is 0 Å². The van der Waals surface area contributed by atoms with E-state index >= 15 is 0 Å². The first-order valence-corrected chi connectivity index (χ1v) is 7.52. The van der Waals surface area contributed by atoms with Crippen molar-refractivity contribution in [2.75, 3.05) is 5.32 Å². The smallest absolute Gasteiger partial charge is 0.295 e. The van der Waals surface area contributed by atoms with Crippen molar-refractivity contribution in [3.05, 3.63) is 40.6 Å². The third kappa shape index (κ3) is 2.33. The number of benzene rings is 1. The van der Waals surface area contributed by atoms with Gasteiger partial charge in [0, 0.05) is 29.4 Å². The number of aromatic nitrogens is 1. The minimum absolute atomic E-state index is 0.0746. The second kappa shape index (κ2) is 4.69. The van der Waals surface area contributed by atoms with E-state index in [1.807, 2.05) is 12.1 Å². The van der Waals surface area contributed by atoms with Crippen LogP contribution in [0.1, 0.15) is 25.7 Å². The number of fused-ring (bicyclic) bond motifs is 1. The van der Waals surface area contributed by atoms with Gasteiger partial charge in [-0.05, 0) is 43.6 Å². The maximum Gasteiger partial charge on any atom is 0.295 e. The van der Waals surface area contributed by atoms with Crippen LogP contribution in [0.25, 0.3) is 10.9 Å². The molecule has 108 valence electrons. The molecular formula is C16H17N3O2. The Labute approximate surface area is 122 Å². The molecule has 1 aromatic heterocycles. The van der Waals surface area contributed by atoms with Gasteiger partial charge in [-0.25, -0.2) is 4.98 Å². The lowest BCUT2D eigenvalue weighted by Gasteiger charge is -2.20. The Hall–Kier alpha value is -2.17. The fourth-order valence-corrected chi connectivity index (χ4v) is 3.14. The molecule has 1 heterocycles. The summed E-state index contributed by atoms with van der Waals surface area (Å²) in [6.07, 6.45) is 6.87. The lowest BCUT2D eigenvalue weighted by molar-refractivity contribution is -0.383. The van der Waals surface area contributed by atoms with Crippen LogP contribution >= 0.6 is 0 Å². The van der Waals surface area contributed by atoms with Crippen molar-refractivity contribution < 1.29 is 4.92 Å². The highest BCUT2D eigenvalue weighted by atomic mass is 16.6. The van der Waals surface area contributed by atoms with Crippen molar-refractivity contribution in [3.8, 4) is 0 Å². The van der Waals surface area contributed by atoms with Gasteiger partial charge in [-0.2, -0.15) is 0 Å². The number of hydrogen-bond donors (Lipinski definition) is 1. The molecule has 0 amide bonds. The van der Waals surface area contributed by atoms with E-state index < -0.39 is 0 Å². The maximum absolute atomic E-state index is 11.1. The van der Waals surface area contributed by atoms with E-state index in [2.05, 4.69) is 10.3 Å². The monoisotopic (exact) mass is 283 g/mol. The molecule has 0 radical (unpaired) electrons. The van der Waals surface area contributed by atoms with Crippen LogP contribution < -0.4 is 5.32 Å². The molecule has 2 aliphatic carbocycles. The van der Waals surface area contributed by atoms with Crippen molar-refractivity contribution in [2.24, 2.45) is 11.8 Å². The third-order valence-corrected chi connectivity index (χ3v) is 4.53. The number of nitro groups is 1. The number of rotatable bonds is 5. The first-order valence-electron chi connectivity index (χ1n) is 7.52. The molecule has 0 aliphatic heterocycles. The van der Waals surface area contributed by atoms with Gasteiger partial charge < -0.3 is 5.32 Å². The summed E-state index contributed by atoms with van der Waals surface area (Å²) in [7, 11) is 0. The molecule has 0 atom stereocenters. The number of nitrogens with one attached hydrogen (secondary N) is 1. The van der Waals surface area contributed by atoms with Gasteiger partial charge in [-0.15, -0.1) is 0 Å². The number of anilines is 1. The van der Waals surface area contributed by atoms with Gasteiger partial charge in [-0.1, -0.05) is 12.1 Å². The fourth-order valence-electron chi connectivity index (χ4n) is 3.14. The Morgan fingerprint density at radius 3 is 2.52 bits per heavy atom. The highest BCUT2D eigenvalue weighted by Gasteiger charge is 2.41. The van der Waals surface area contributed by atoms with Crippen molar-refractivity contribution in [2.45, 2.75) is 31.7 Å². The SMILES string of the molecule is O=[N+]([O-])c1cccc2c(NC(C3CC3)C3CC3)ccnc12. The number of non-ortho nitro benzene ring substituents is 1. The normalized spacial score (nSPS) is 18.1. The summed E-state index contributed by atoms with van der Waals surface area (Å²) in [5.74, 6) is 1.55. The standard InChI is InChI=1S/C16H17N3O2/c20-19(21)14-3-1-2-12-13(8-9-17-16(12)14)18-15(10-4-5-10)11-6-7-11/h1-3,8-11,15H,4-7H2,(H,17,18). The van der Waals surface area contributed by atoms with E-state index in [9.17, 15) is 10.1 Å². The first kappa shape index (κ1) is 12.6. The van der Waals surface area contributed by atoms with Crippen LogP contribution in [0.15, 0.2) is 30.5 Å². The molecular weight excluding hydrogens is 266 g/mol. The van der Waals surface area contributed by atoms with Gasteiger partial charge in [0.05, 0.1) is 4.92 Å². The highest BCUT2D eigenvalue weighted by molar-refractivity contribution is 5.96. The Kier molecular flexibility index (Phi) is 2.80. The van der Waals surface area contributed by atoms with Crippen LogP contribution in [0.3, 0.4) is 0 Å². The second-order valence-electron chi connectivity index (χ2n) is 6.13. The average Bonchev–Trinajstić information content (AvgIpc) is 3.38. The van der Waals surface area contributed by atoms with Gasteiger partial charge in [0.25, 0.3) is 5.69 Å². The van der Waals surface area contributed by atoms with Gasteiger partial charge >= 0.3 is 0 Å². The number of hydrogen-bond acceptors (Lipinski definition) is 4. The highest BCUT2D eigenvalue weighted by Crippen LogP contribution is 2.46. The Morgan fingerprint density at radius 1 is 1.19 bits per heavy atom. The second-order valence-corrected chi connectivity index (χ2v) is 6.13. The van der Waals surface area contributed by atoms with Crippen LogP contribution in [0.2, 0.25) is 0 Å². The topological polar surface area (TPSA) is 68.1 Å². The maximum atomic E-state index is 11.1. The third-order valence-electron chi connectivity index (χ3n) is 4.53. The summed E-state index contributed by atoms with van der Waals surface area (Å²) in [5, 5.41) is 15.6. The van der Waals surface area contributed by atoms with Crippen molar-refractivity contribution >= 4 is 22.3 Å². The van der Waals surface area contributed by atoms with E-state index in [1.54, 1.807) is 12.3 Å². The van der Waals surface area contributed by atoms with E-state index in [0.717, 1.165) is 22.9 Å². The molecule has 2 fully saturated rings. The van der Waals surface area contributed by atoms with Crippen LogP contribution in [0.5, 0.6) is 0 Å². The summed E-state index contributed by atoms with van der Waals surface area (Å²) < 4.78 is 0. The van der Waals surface area contributed by atoms with Crippen LogP contribution in [-0.4, -0.2) is 15.9 Å². The summed E-state index contributed by atoms with van der Waals surface area (Å²) in [6, 6.07) is 7.61. The number of pyridine rings is 1. The van der Waals surface area contributed by atoms with Gasteiger partial charge in [0.2, 0.25) is 0 Å². The van der Waals surface area contributed by atoms with Crippen molar-refractivity contribution in [3.63, 3.8) is 0 Å². The lowest BCUT2D eigenvalue weighted by Crippen LogP contribution is -2.24. The molecule has 0 bridgehead atoms. The molecule has 0 spiro atoms. The minimum atomic E-state index is -0.363.